The van der Waals surface area contributed by atoms with Crippen molar-refractivity contribution in [3.63, 3.8) is 0 Å². The Bertz CT molecular complexity index is 1100. The maximum absolute atomic E-state index is 15.1. The third-order valence-electron chi connectivity index (χ3n) is 7.02. The van der Waals surface area contributed by atoms with E-state index in [0.717, 1.165) is 50.8 Å². The first-order valence-electron chi connectivity index (χ1n) is 12.0. The molecule has 0 unspecified atom stereocenters. The zero-order valence-corrected chi connectivity index (χ0v) is 21.4. The summed E-state index contributed by atoms with van der Waals surface area (Å²) in [5.74, 6) is -0.244. The summed E-state index contributed by atoms with van der Waals surface area (Å²) < 4.78 is 47.5. The number of thiazole rings is 1. The van der Waals surface area contributed by atoms with Crippen LogP contribution in [0.3, 0.4) is 0 Å². The molecule has 3 fully saturated rings. The van der Waals surface area contributed by atoms with Crippen LogP contribution >= 0.6 is 11.3 Å². The van der Waals surface area contributed by atoms with E-state index in [4.69, 9.17) is 14.6 Å². The summed E-state index contributed by atoms with van der Waals surface area (Å²) in [7, 11) is -1.66. The van der Waals surface area contributed by atoms with E-state index >= 15 is 4.39 Å². The molecule has 0 bridgehead atoms. The minimum absolute atomic E-state index is 0.0102. The molecule has 1 saturated heterocycles. The first-order chi connectivity index (χ1) is 16.8. The predicted molar refractivity (Wildman–Crippen MR) is 131 cm³/mol. The van der Waals surface area contributed by atoms with Crippen molar-refractivity contribution in [1.29, 1.82) is 0 Å². The molecule has 5 rings (SSSR count). The highest BCUT2D eigenvalue weighted by molar-refractivity contribution is 7.90. The Morgan fingerprint density at radius 3 is 2.57 bits per heavy atom. The molecule has 192 valence electrons. The second kappa shape index (κ2) is 11.3. The lowest BCUT2D eigenvalue weighted by Gasteiger charge is -2.45. The zero-order chi connectivity index (χ0) is 25.0. The van der Waals surface area contributed by atoms with Gasteiger partial charge in [0.25, 0.3) is 6.47 Å². The Morgan fingerprint density at radius 1 is 1.26 bits per heavy atom. The highest BCUT2D eigenvalue weighted by Gasteiger charge is 2.37. The minimum atomic E-state index is -3.82. The lowest BCUT2D eigenvalue weighted by atomic mass is 9.89. The molecular formula is C24H32FN3O5S2. The molecule has 0 radical (unpaired) electrons. The van der Waals surface area contributed by atoms with E-state index in [1.54, 1.807) is 11.6 Å². The number of hydrogen-bond acceptors (Lipinski definition) is 8. The van der Waals surface area contributed by atoms with E-state index in [1.807, 2.05) is 0 Å². The van der Waals surface area contributed by atoms with Gasteiger partial charge in [-0.25, -0.2) is 17.8 Å². The predicted octanol–water partition coefficient (Wildman–Crippen LogP) is 3.43. The van der Waals surface area contributed by atoms with Crippen LogP contribution in [0, 0.1) is 5.82 Å². The van der Waals surface area contributed by atoms with E-state index in [0.29, 0.717) is 22.8 Å². The number of ether oxygens (including phenoxy) is 1. The van der Waals surface area contributed by atoms with Crippen LogP contribution < -0.4 is 10.1 Å². The van der Waals surface area contributed by atoms with E-state index in [-0.39, 0.29) is 29.1 Å². The number of likely N-dealkylation sites (N-methyl/N-ethyl adjacent to an activating group) is 1. The van der Waals surface area contributed by atoms with Gasteiger partial charge in [-0.05, 0) is 56.7 Å². The molecule has 1 aromatic heterocycles. The Hall–Kier alpha value is -2.08. The van der Waals surface area contributed by atoms with Crippen molar-refractivity contribution in [1.82, 2.24) is 15.2 Å². The van der Waals surface area contributed by atoms with Crippen LogP contribution in [-0.2, 0) is 20.4 Å². The van der Waals surface area contributed by atoms with Gasteiger partial charge in [0.15, 0.2) is 9.84 Å². The molecule has 3 aliphatic rings. The summed E-state index contributed by atoms with van der Waals surface area (Å²) >= 11 is 1.26. The molecule has 2 aromatic rings. The maximum atomic E-state index is 15.1. The molecule has 1 aliphatic heterocycles. The van der Waals surface area contributed by atoms with Crippen molar-refractivity contribution in [2.24, 2.45) is 0 Å². The van der Waals surface area contributed by atoms with Crippen molar-refractivity contribution in [3.05, 3.63) is 40.1 Å². The van der Waals surface area contributed by atoms with Crippen molar-refractivity contribution in [2.45, 2.75) is 73.3 Å². The SMILES string of the molecule is CN(C1CNC1)[C@H]1CCCC[C@@H]1Oc1cc(F)c(S(=O)(=O)Cc2nccs2)cc1C1CC1.O=CO. The number of halogens is 1. The normalized spacial score (nSPS) is 22.7. The number of benzene rings is 1. The average molecular weight is 526 g/mol. The lowest BCUT2D eigenvalue weighted by Crippen LogP contribution is -2.61. The molecule has 11 heteroatoms. The molecule has 2 N–H and O–H groups in total. The molecule has 2 saturated carbocycles. The van der Waals surface area contributed by atoms with E-state index < -0.39 is 15.7 Å². The second-order valence-corrected chi connectivity index (χ2v) is 12.3. The topological polar surface area (TPSA) is 109 Å². The Kier molecular flexibility index (Phi) is 8.41. The number of rotatable bonds is 8. The van der Waals surface area contributed by atoms with Gasteiger partial charge >= 0.3 is 0 Å². The second-order valence-electron chi connectivity index (χ2n) is 9.37. The summed E-state index contributed by atoms with van der Waals surface area (Å²) in [6.07, 6.45) is 7.79. The Labute approximate surface area is 209 Å². The van der Waals surface area contributed by atoms with Crippen molar-refractivity contribution in [2.75, 3.05) is 20.1 Å². The summed E-state index contributed by atoms with van der Waals surface area (Å²) in [5.41, 5.74) is 0.835. The number of aromatic nitrogens is 1. The lowest BCUT2D eigenvalue weighted by molar-refractivity contribution is -0.122. The van der Waals surface area contributed by atoms with Crippen molar-refractivity contribution < 1.29 is 27.4 Å². The van der Waals surface area contributed by atoms with E-state index in [1.165, 1.54) is 29.9 Å². The van der Waals surface area contributed by atoms with Crippen molar-refractivity contribution in [3.8, 4) is 5.75 Å². The quantitative estimate of drug-likeness (QED) is 0.505. The van der Waals surface area contributed by atoms with Gasteiger partial charge in [-0.3, -0.25) is 9.69 Å². The van der Waals surface area contributed by atoms with Crippen LogP contribution in [-0.4, -0.2) is 68.2 Å². The van der Waals surface area contributed by atoms with Gasteiger partial charge in [0.1, 0.15) is 33.3 Å². The van der Waals surface area contributed by atoms with Gasteiger partial charge in [0, 0.05) is 42.8 Å². The number of sulfone groups is 1. The van der Waals surface area contributed by atoms with E-state index in [9.17, 15) is 8.42 Å². The van der Waals surface area contributed by atoms with Gasteiger partial charge < -0.3 is 15.2 Å². The summed E-state index contributed by atoms with van der Waals surface area (Å²) in [6.45, 7) is 1.74. The standard InChI is InChI=1S/C23H30FN3O3S2.CH2O2/c1-27(16-12-25-13-16)19-4-2-3-5-20(19)30-21-11-18(24)22(10-17(21)15-6-7-15)32(28,29)14-23-26-8-9-31-23;2-1-3/h8-11,15-16,19-20,25H,2-7,12-14H2,1H3;1H,(H,2,3)/t19-,20-;/m0./s1. The maximum Gasteiger partial charge on any atom is 0.290 e. The molecule has 35 heavy (non-hydrogen) atoms. The van der Waals surface area contributed by atoms with Crippen LogP contribution in [0.4, 0.5) is 4.39 Å². The van der Waals surface area contributed by atoms with Crippen LogP contribution in [0.15, 0.2) is 28.6 Å². The summed E-state index contributed by atoms with van der Waals surface area (Å²) in [6, 6.07) is 3.66. The summed E-state index contributed by atoms with van der Waals surface area (Å²) in [4.78, 5) is 14.6. The van der Waals surface area contributed by atoms with Gasteiger partial charge in [0.05, 0.1) is 0 Å². The van der Waals surface area contributed by atoms with Crippen LogP contribution in [0.2, 0.25) is 0 Å². The number of carboxylic acid groups (broad SMARTS) is 1. The zero-order valence-electron chi connectivity index (χ0n) is 19.7. The highest BCUT2D eigenvalue weighted by atomic mass is 32.2. The van der Waals surface area contributed by atoms with E-state index in [2.05, 4.69) is 22.2 Å². The average Bonchev–Trinajstić information content (AvgIpc) is 3.49. The molecule has 8 nitrogen and oxygen atoms in total. The van der Waals surface area contributed by atoms with Crippen LogP contribution in [0.1, 0.15) is 55.0 Å². The van der Waals surface area contributed by atoms with Gasteiger partial charge in [-0.2, -0.15) is 0 Å². The van der Waals surface area contributed by atoms with Crippen LogP contribution in [0.5, 0.6) is 5.75 Å². The fourth-order valence-electron chi connectivity index (χ4n) is 4.85. The Morgan fingerprint density at radius 2 is 1.97 bits per heavy atom. The molecular weight excluding hydrogens is 493 g/mol. The van der Waals surface area contributed by atoms with Crippen molar-refractivity contribution >= 4 is 27.6 Å². The molecule has 0 spiro atoms. The number of nitrogens with zero attached hydrogens (tertiary/aromatic N) is 2. The van der Waals surface area contributed by atoms with Gasteiger partial charge in [-0.1, -0.05) is 6.42 Å². The number of hydrogen-bond donors (Lipinski definition) is 2. The van der Waals surface area contributed by atoms with Gasteiger partial charge in [0.2, 0.25) is 0 Å². The molecule has 1 aromatic carbocycles. The molecule has 2 heterocycles. The monoisotopic (exact) mass is 525 g/mol. The minimum Gasteiger partial charge on any atom is -0.488 e. The first-order valence-corrected chi connectivity index (χ1v) is 14.5. The number of nitrogens with one attached hydrogen (secondary N) is 1. The first kappa shape index (κ1) is 26.0. The summed E-state index contributed by atoms with van der Waals surface area (Å²) in [5, 5.41) is 12.4. The number of carbonyl (C=O) groups is 1. The fourth-order valence-corrected chi connectivity index (χ4v) is 7.20. The van der Waals surface area contributed by atoms with Gasteiger partial charge in [-0.15, -0.1) is 11.3 Å². The fraction of sp³-hybridized carbons (Fsp3) is 0.583. The molecule has 0 amide bonds. The molecule has 2 aliphatic carbocycles. The largest absolute Gasteiger partial charge is 0.488 e. The highest BCUT2D eigenvalue weighted by Crippen LogP contribution is 2.46. The third kappa shape index (κ3) is 6.19. The van der Waals surface area contributed by atoms with Crippen LogP contribution in [0.25, 0.3) is 0 Å². The third-order valence-corrected chi connectivity index (χ3v) is 9.62. The Balaban J connectivity index is 0.000000917. The smallest absolute Gasteiger partial charge is 0.290 e. The molecule has 2 atom stereocenters.